The number of sulfonamides is 1. The van der Waals surface area contributed by atoms with Gasteiger partial charge >= 0.3 is 6.09 Å². The number of hydrogen-bond donors (Lipinski definition) is 3. The Hall–Kier alpha value is -5.44. The number of carbonyl (C=O) groups is 4. The summed E-state index contributed by atoms with van der Waals surface area (Å²) in [6, 6.07) is 14.5. The van der Waals surface area contributed by atoms with Gasteiger partial charge in [-0.25, -0.2) is 18.2 Å². The zero-order chi connectivity index (χ0) is 48.1. The standard InChI is InChI=1S/C51H69N5O9S/c1-10-12-13-14-15-16-17-21-26-50(27-28-50)66(61,62)55-46(59)51(32-35(51)11-2)54-44(57)41-30-37(33-56(41)45(58)43(48(3,4)5)53-47(60)65-49(6,7)8)64-42-31-39(34-22-19-18-20-23-34)52-40-29-36(63-9)24-25-38(40)42/h10-11,18-20,22-25,29,31,35,37,41,43H,1-2,12-17,21,26-28,30,32-33H2,3-9H3,(H,53,60)(H,54,57)(H,55,59). The van der Waals surface area contributed by atoms with E-state index in [1.54, 1.807) is 60.8 Å². The first kappa shape index (κ1) is 50.0. The largest absolute Gasteiger partial charge is 0.497 e. The van der Waals surface area contributed by atoms with E-state index in [4.69, 9.17) is 19.2 Å². The van der Waals surface area contributed by atoms with Crippen LogP contribution < -0.4 is 24.8 Å². The summed E-state index contributed by atoms with van der Waals surface area (Å²) < 4.78 is 47.0. The number of rotatable bonds is 21. The van der Waals surface area contributed by atoms with Crippen molar-refractivity contribution < 1.29 is 41.8 Å². The Morgan fingerprint density at radius 3 is 2.23 bits per heavy atom. The average molecular weight is 928 g/mol. The van der Waals surface area contributed by atoms with E-state index in [0.29, 0.717) is 47.4 Å². The molecule has 3 aliphatic rings. The van der Waals surface area contributed by atoms with Crippen molar-refractivity contribution in [2.75, 3.05) is 13.7 Å². The summed E-state index contributed by atoms with van der Waals surface area (Å²) in [7, 11) is -2.52. The highest BCUT2D eigenvalue weighted by Gasteiger charge is 2.63. The van der Waals surface area contributed by atoms with Crippen LogP contribution in [0.3, 0.4) is 0 Å². The topological polar surface area (TPSA) is 182 Å². The van der Waals surface area contributed by atoms with Crippen LogP contribution in [0.4, 0.5) is 4.79 Å². The number of methoxy groups -OCH3 is 1. The van der Waals surface area contributed by atoms with E-state index >= 15 is 0 Å². The number of hydrogen-bond acceptors (Lipinski definition) is 10. The molecule has 1 saturated heterocycles. The maximum Gasteiger partial charge on any atom is 0.408 e. The molecule has 2 heterocycles. The monoisotopic (exact) mass is 927 g/mol. The van der Waals surface area contributed by atoms with Crippen LogP contribution in [0.25, 0.3) is 22.2 Å². The zero-order valence-electron chi connectivity index (χ0n) is 39.7. The van der Waals surface area contributed by atoms with Crippen LogP contribution in [0.1, 0.15) is 119 Å². The maximum absolute atomic E-state index is 14.9. The predicted molar refractivity (Wildman–Crippen MR) is 256 cm³/mol. The molecule has 3 N–H and O–H groups in total. The molecule has 15 heteroatoms. The van der Waals surface area contributed by atoms with Gasteiger partial charge in [0.15, 0.2) is 0 Å². The molecule has 66 heavy (non-hydrogen) atoms. The number of benzene rings is 2. The first-order chi connectivity index (χ1) is 31.2. The number of allylic oxidation sites excluding steroid dienone is 1. The van der Waals surface area contributed by atoms with Crippen molar-refractivity contribution in [2.45, 2.75) is 153 Å². The molecule has 14 nitrogen and oxygen atoms in total. The third kappa shape index (κ3) is 11.7. The molecule has 358 valence electrons. The van der Waals surface area contributed by atoms with Crippen molar-refractivity contribution in [2.24, 2.45) is 11.3 Å². The molecule has 3 aromatic rings. The molecule has 0 spiro atoms. The minimum atomic E-state index is -4.09. The van der Waals surface area contributed by atoms with Gasteiger partial charge in [-0.3, -0.25) is 19.1 Å². The van der Waals surface area contributed by atoms with Crippen LogP contribution in [0.5, 0.6) is 11.5 Å². The minimum absolute atomic E-state index is 0.00758. The van der Waals surface area contributed by atoms with Crippen molar-refractivity contribution in [1.29, 1.82) is 0 Å². The first-order valence-corrected chi connectivity index (χ1v) is 24.8. The van der Waals surface area contributed by atoms with Crippen LogP contribution in [0.2, 0.25) is 0 Å². The average Bonchev–Trinajstić information content (AvgIpc) is 4.17. The van der Waals surface area contributed by atoms with Crippen molar-refractivity contribution in [3.8, 4) is 22.8 Å². The minimum Gasteiger partial charge on any atom is -0.497 e. The fourth-order valence-electron chi connectivity index (χ4n) is 8.85. The highest BCUT2D eigenvalue weighted by molar-refractivity contribution is 7.91. The van der Waals surface area contributed by atoms with E-state index in [-0.39, 0.29) is 19.4 Å². The molecule has 1 aromatic heterocycles. The lowest BCUT2D eigenvalue weighted by atomic mass is 9.85. The number of ether oxygens (including phenoxy) is 3. The number of pyridine rings is 1. The predicted octanol–water partition coefficient (Wildman–Crippen LogP) is 8.54. The summed E-state index contributed by atoms with van der Waals surface area (Å²) in [5.74, 6) is -1.55. The van der Waals surface area contributed by atoms with Crippen LogP contribution in [0, 0.1) is 11.3 Å². The molecule has 0 bridgehead atoms. The van der Waals surface area contributed by atoms with Gasteiger partial charge in [-0.05, 0) is 76.8 Å². The van der Waals surface area contributed by atoms with Crippen LogP contribution in [-0.2, 0) is 29.1 Å². The second kappa shape index (κ2) is 20.2. The normalized spacial score (nSPS) is 21.6. The molecule has 2 saturated carbocycles. The molecule has 2 aliphatic carbocycles. The zero-order valence-corrected chi connectivity index (χ0v) is 40.6. The molecular formula is C51H69N5O9S. The van der Waals surface area contributed by atoms with Gasteiger partial charge in [0.2, 0.25) is 21.8 Å². The third-order valence-corrected chi connectivity index (χ3v) is 15.1. The maximum atomic E-state index is 14.9. The lowest BCUT2D eigenvalue weighted by Crippen LogP contribution is -2.60. The molecule has 0 radical (unpaired) electrons. The Morgan fingerprint density at radius 2 is 1.62 bits per heavy atom. The van der Waals surface area contributed by atoms with E-state index in [1.807, 2.05) is 48.5 Å². The number of likely N-dealkylation sites (tertiary alicyclic amines) is 1. The van der Waals surface area contributed by atoms with E-state index in [1.165, 1.54) is 11.0 Å². The second-order valence-corrected chi connectivity index (χ2v) is 22.3. The van der Waals surface area contributed by atoms with Gasteiger partial charge in [0.1, 0.15) is 40.8 Å². The quantitative estimate of drug-likeness (QED) is 0.0692. The summed E-state index contributed by atoms with van der Waals surface area (Å²) in [6.07, 6.45) is 10.3. The molecule has 5 atom stereocenters. The van der Waals surface area contributed by atoms with Gasteiger partial charge in [0.05, 0.1) is 29.6 Å². The number of nitrogens with one attached hydrogen (secondary N) is 3. The number of carbonyl (C=O) groups excluding carboxylic acids is 4. The number of alkyl carbamates (subject to hydrolysis) is 1. The third-order valence-electron chi connectivity index (χ3n) is 12.9. The molecule has 2 aromatic carbocycles. The molecule has 6 rings (SSSR count). The number of fused-ring (bicyclic) bond motifs is 1. The number of nitrogens with zero attached hydrogens (tertiary/aromatic N) is 2. The first-order valence-electron chi connectivity index (χ1n) is 23.3. The second-order valence-electron chi connectivity index (χ2n) is 20.3. The van der Waals surface area contributed by atoms with E-state index in [2.05, 4.69) is 28.5 Å². The molecule has 1 aliphatic heterocycles. The summed E-state index contributed by atoms with van der Waals surface area (Å²) in [5.41, 5.74) is -1.21. The molecule has 3 fully saturated rings. The highest BCUT2D eigenvalue weighted by Crippen LogP contribution is 2.49. The van der Waals surface area contributed by atoms with Gasteiger partial charge in [-0.1, -0.05) is 95.4 Å². The van der Waals surface area contributed by atoms with Gasteiger partial charge in [-0.15, -0.1) is 13.2 Å². The Labute approximate surface area is 390 Å². The smallest absolute Gasteiger partial charge is 0.408 e. The van der Waals surface area contributed by atoms with Crippen LogP contribution in [-0.4, -0.2) is 89.8 Å². The van der Waals surface area contributed by atoms with Crippen LogP contribution >= 0.6 is 0 Å². The lowest BCUT2D eigenvalue weighted by Gasteiger charge is -2.36. The van der Waals surface area contributed by atoms with Crippen molar-refractivity contribution >= 4 is 44.7 Å². The number of amides is 4. The van der Waals surface area contributed by atoms with Crippen molar-refractivity contribution in [3.05, 3.63) is 79.9 Å². The molecular weight excluding hydrogens is 859 g/mol. The fourth-order valence-corrected chi connectivity index (χ4v) is 10.5. The summed E-state index contributed by atoms with van der Waals surface area (Å²) in [4.78, 5) is 63.4. The summed E-state index contributed by atoms with van der Waals surface area (Å²) in [6.45, 7) is 18.1. The van der Waals surface area contributed by atoms with E-state index < -0.39 is 79.2 Å². The van der Waals surface area contributed by atoms with Gasteiger partial charge in [0, 0.05) is 35.4 Å². The van der Waals surface area contributed by atoms with Crippen molar-refractivity contribution in [3.63, 3.8) is 0 Å². The van der Waals surface area contributed by atoms with Gasteiger partial charge in [-0.2, -0.15) is 0 Å². The Balaban J connectivity index is 1.26. The van der Waals surface area contributed by atoms with Gasteiger partial charge < -0.3 is 29.7 Å². The number of aromatic nitrogens is 1. The molecule has 5 unspecified atom stereocenters. The Kier molecular flexibility index (Phi) is 15.3. The Morgan fingerprint density at radius 1 is 0.939 bits per heavy atom. The Bertz CT molecular complexity index is 2390. The summed E-state index contributed by atoms with van der Waals surface area (Å²) in [5, 5.41) is 6.33. The van der Waals surface area contributed by atoms with E-state index in [0.717, 1.165) is 50.5 Å². The van der Waals surface area contributed by atoms with E-state index in [9.17, 15) is 27.6 Å². The number of unbranched alkanes of at least 4 members (excludes halogenated alkanes) is 6. The van der Waals surface area contributed by atoms with Crippen LogP contribution in [0.15, 0.2) is 79.9 Å². The lowest BCUT2D eigenvalue weighted by molar-refractivity contribution is -0.143. The summed E-state index contributed by atoms with van der Waals surface area (Å²) >= 11 is 0. The fraction of sp³-hybridized carbons (Fsp3) is 0.549. The SMILES string of the molecule is C=CCCCCCCCCC1(S(=O)(=O)NC(=O)C2(NC(=O)C3CC(Oc4cc(-c5ccccc5)nc5cc(OC)ccc45)CN3C(=O)C(NC(=O)OC(C)(C)C)C(C)(C)C)CC2C=C)CC1. The highest BCUT2D eigenvalue weighted by atomic mass is 32.2. The van der Waals surface area contributed by atoms with Crippen molar-refractivity contribution in [1.82, 2.24) is 25.2 Å². The van der Waals surface area contributed by atoms with Gasteiger partial charge in [0.25, 0.3) is 5.91 Å². The molecule has 4 amide bonds.